The molecule has 0 radical (unpaired) electrons. The molecule has 3 rings (SSSR count). The van der Waals surface area contributed by atoms with E-state index in [0.29, 0.717) is 13.1 Å². The molecule has 0 unspecified atom stereocenters. The Balaban J connectivity index is 1.68. The summed E-state index contributed by atoms with van der Waals surface area (Å²) in [5.74, 6) is -1.42. The fourth-order valence-corrected chi connectivity index (χ4v) is 4.61. The van der Waals surface area contributed by atoms with Crippen LogP contribution in [0.3, 0.4) is 0 Å². The summed E-state index contributed by atoms with van der Waals surface area (Å²) in [6.07, 6.45) is 0.210. The van der Waals surface area contributed by atoms with E-state index in [9.17, 15) is 18.4 Å². The van der Waals surface area contributed by atoms with Gasteiger partial charge in [0, 0.05) is 50.8 Å². The maximum atomic E-state index is 14.2. The second kappa shape index (κ2) is 7.92. The average molecular weight is 383 g/mol. The smallest absolute Gasteiger partial charge is 0.236 e. The van der Waals surface area contributed by atoms with E-state index in [0.717, 1.165) is 19.2 Å². The molecule has 26 heavy (non-hydrogen) atoms. The lowest BCUT2D eigenvalue weighted by atomic mass is 10.1. The van der Waals surface area contributed by atoms with Crippen LogP contribution in [0.25, 0.3) is 0 Å². The number of benzene rings is 1. The van der Waals surface area contributed by atoms with Crippen molar-refractivity contribution in [3.8, 4) is 0 Å². The summed E-state index contributed by atoms with van der Waals surface area (Å²) < 4.78 is 27.4. The van der Waals surface area contributed by atoms with Crippen LogP contribution in [0.5, 0.6) is 0 Å². The number of piperazine rings is 1. The standard InChI is InChI=1S/C18H23F2N3O2S/c1-12-17(25)23(6-5-16(24)22-9-7-21(2)8-10-22)18(26-12)14-4-3-13(19)11-15(14)20/h3-4,11-12,18H,5-10H2,1-2H3/t12-,18+/m1/s1. The van der Waals surface area contributed by atoms with E-state index in [1.807, 2.05) is 11.9 Å². The molecule has 2 saturated heterocycles. The van der Waals surface area contributed by atoms with Gasteiger partial charge >= 0.3 is 0 Å². The lowest BCUT2D eigenvalue weighted by molar-refractivity contribution is -0.134. The van der Waals surface area contributed by atoms with Crippen molar-refractivity contribution in [2.75, 3.05) is 39.8 Å². The molecule has 8 heteroatoms. The monoisotopic (exact) mass is 383 g/mol. The minimum Gasteiger partial charge on any atom is -0.340 e. The van der Waals surface area contributed by atoms with Crippen LogP contribution in [-0.4, -0.2) is 71.5 Å². The highest BCUT2D eigenvalue weighted by Gasteiger charge is 2.39. The van der Waals surface area contributed by atoms with Crippen LogP contribution in [0.15, 0.2) is 18.2 Å². The molecule has 0 bridgehead atoms. The Morgan fingerprint density at radius 1 is 1.23 bits per heavy atom. The maximum Gasteiger partial charge on any atom is 0.236 e. The van der Waals surface area contributed by atoms with Crippen LogP contribution in [0.1, 0.15) is 24.3 Å². The molecule has 0 N–H and O–H groups in total. The molecule has 2 atom stereocenters. The minimum absolute atomic E-state index is 0.00813. The molecule has 2 fully saturated rings. The Bertz CT molecular complexity index is 695. The predicted molar refractivity (Wildman–Crippen MR) is 96.6 cm³/mol. The zero-order valence-electron chi connectivity index (χ0n) is 15.0. The van der Waals surface area contributed by atoms with Crippen LogP contribution < -0.4 is 0 Å². The SMILES string of the molecule is C[C@H]1S[C@@H](c2ccc(F)cc2F)N(CCC(=O)N2CCN(C)CC2)C1=O. The normalized spacial score (nSPS) is 24.4. The number of halogens is 2. The third-order valence-corrected chi connectivity index (χ3v) is 6.27. The van der Waals surface area contributed by atoms with Crippen LogP contribution in [0.2, 0.25) is 0 Å². The van der Waals surface area contributed by atoms with E-state index in [2.05, 4.69) is 4.90 Å². The first-order valence-corrected chi connectivity index (χ1v) is 9.68. The van der Waals surface area contributed by atoms with Crippen LogP contribution in [0, 0.1) is 11.6 Å². The number of carbonyl (C=O) groups is 2. The van der Waals surface area contributed by atoms with Crippen LogP contribution in [0.4, 0.5) is 8.78 Å². The van der Waals surface area contributed by atoms with Gasteiger partial charge in [-0.15, -0.1) is 11.8 Å². The summed E-state index contributed by atoms with van der Waals surface area (Å²) in [5, 5.41) is -0.846. The van der Waals surface area contributed by atoms with E-state index >= 15 is 0 Å². The Morgan fingerprint density at radius 2 is 1.92 bits per heavy atom. The number of likely N-dealkylation sites (N-methyl/N-ethyl adjacent to an activating group) is 1. The minimum atomic E-state index is -0.667. The highest BCUT2D eigenvalue weighted by molar-refractivity contribution is 8.01. The van der Waals surface area contributed by atoms with Gasteiger partial charge < -0.3 is 14.7 Å². The summed E-state index contributed by atoms with van der Waals surface area (Å²) in [7, 11) is 2.02. The molecule has 2 aliphatic heterocycles. The van der Waals surface area contributed by atoms with Gasteiger partial charge in [-0.3, -0.25) is 9.59 Å². The lowest BCUT2D eigenvalue weighted by Crippen LogP contribution is -2.47. The van der Waals surface area contributed by atoms with Crippen molar-refractivity contribution in [3.63, 3.8) is 0 Å². The molecule has 0 aromatic heterocycles. The number of rotatable bonds is 4. The van der Waals surface area contributed by atoms with Crippen molar-refractivity contribution < 1.29 is 18.4 Å². The molecule has 2 amide bonds. The molecular formula is C18H23F2N3O2S. The number of hydrogen-bond donors (Lipinski definition) is 0. The third kappa shape index (κ3) is 4.01. The van der Waals surface area contributed by atoms with Crippen molar-refractivity contribution in [1.82, 2.24) is 14.7 Å². The quantitative estimate of drug-likeness (QED) is 0.799. The maximum absolute atomic E-state index is 14.2. The summed E-state index contributed by atoms with van der Waals surface area (Å²) in [6, 6.07) is 3.40. The molecular weight excluding hydrogens is 360 g/mol. The largest absolute Gasteiger partial charge is 0.340 e. The fraction of sp³-hybridized carbons (Fsp3) is 0.556. The molecule has 1 aromatic carbocycles. The zero-order chi connectivity index (χ0) is 18.8. The van der Waals surface area contributed by atoms with Gasteiger partial charge in [-0.2, -0.15) is 0 Å². The van der Waals surface area contributed by atoms with E-state index < -0.39 is 17.0 Å². The van der Waals surface area contributed by atoms with Crippen molar-refractivity contribution in [2.24, 2.45) is 0 Å². The first-order chi connectivity index (χ1) is 12.4. The van der Waals surface area contributed by atoms with Gasteiger partial charge in [0.2, 0.25) is 11.8 Å². The molecule has 2 heterocycles. The number of nitrogens with zero attached hydrogens (tertiary/aromatic N) is 3. The van der Waals surface area contributed by atoms with Gasteiger partial charge in [0.25, 0.3) is 0 Å². The first kappa shape index (κ1) is 19.1. The summed E-state index contributed by atoms with van der Waals surface area (Å²) in [5.41, 5.74) is 0.279. The van der Waals surface area contributed by atoms with Gasteiger partial charge in [-0.1, -0.05) is 6.07 Å². The summed E-state index contributed by atoms with van der Waals surface area (Å²) in [4.78, 5) is 30.4. The van der Waals surface area contributed by atoms with Crippen molar-refractivity contribution in [1.29, 1.82) is 0 Å². The van der Waals surface area contributed by atoms with Gasteiger partial charge in [-0.05, 0) is 20.0 Å². The van der Waals surface area contributed by atoms with E-state index in [1.54, 1.807) is 11.8 Å². The Labute approximate surface area is 156 Å². The second-order valence-corrected chi connectivity index (χ2v) is 8.19. The topological polar surface area (TPSA) is 43.9 Å². The van der Waals surface area contributed by atoms with Crippen molar-refractivity contribution in [2.45, 2.75) is 24.0 Å². The zero-order valence-corrected chi connectivity index (χ0v) is 15.8. The molecule has 0 aliphatic carbocycles. The summed E-state index contributed by atoms with van der Waals surface area (Å²) >= 11 is 1.32. The molecule has 1 aromatic rings. The van der Waals surface area contributed by atoms with E-state index in [1.165, 1.54) is 23.9 Å². The van der Waals surface area contributed by atoms with Gasteiger partial charge in [0.05, 0.1) is 5.25 Å². The van der Waals surface area contributed by atoms with Crippen molar-refractivity contribution >= 4 is 23.6 Å². The molecule has 2 aliphatic rings. The van der Waals surface area contributed by atoms with E-state index in [4.69, 9.17) is 0 Å². The molecule has 142 valence electrons. The highest BCUT2D eigenvalue weighted by atomic mass is 32.2. The van der Waals surface area contributed by atoms with Crippen LogP contribution >= 0.6 is 11.8 Å². The Hall–Kier alpha value is -1.67. The summed E-state index contributed by atoms with van der Waals surface area (Å²) in [6.45, 7) is 5.05. The number of hydrogen-bond acceptors (Lipinski definition) is 4. The third-order valence-electron chi connectivity index (χ3n) is 4.90. The number of amides is 2. The van der Waals surface area contributed by atoms with Crippen molar-refractivity contribution in [3.05, 3.63) is 35.4 Å². The lowest BCUT2D eigenvalue weighted by Gasteiger charge is -2.33. The van der Waals surface area contributed by atoms with Gasteiger partial charge in [0.1, 0.15) is 17.0 Å². The van der Waals surface area contributed by atoms with Crippen LogP contribution in [-0.2, 0) is 9.59 Å². The Morgan fingerprint density at radius 3 is 2.58 bits per heavy atom. The first-order valence-electron chi connectivity index (χ1n) is 8.74. The molecule has 0 saturated carbocycles. The number of carbonyl (C=O) groups excluding carboxylic acids is 2. The molecule has 5 nitrogen and oxygen atoms in total. The fourth-order valence-electron chi connectivity index (χ4n) is 3.27. The van der Waals surface area contributed by atoms with Gasteiger partial charge in [-0.25, -0.2) is 8.78 Å². The second-order valence-electron chi connectivity index (χ2n) is 6.76. The van der Waals surface area contributed by atoms with Gasteiger partial charge in [0.15, 0.2) is 0 Å². The average Bonchev–Trinajstić information content (AvgIpc) is 2.88. The molecule has 0 spiro atoms. The Kier molecular flexibility index (Phi) is 5.82. The highest BCUT2D eigenvalue weighted by Crippen LogP contribution is 2.43. The number of thioether (sulfide) groups is 1. The van der Waals surface area contributed by atoms with E-state index in [-0.39, 0.29) is 35.6 Å². The predicted octanol–water partition coefficient (Wildman–Crippen LogP) is 2.09.